The van der Waals surface area contributed by atoms with Gasteiger partial charge in [0.25, 0.3) is 5.91 Å². The molecule has 2 N–H and O–H groups in total. The van der Waals surface area contributed by atoms with Gasteiger partial charge in [0.1, 0.15) is 22.2 Å². The Kier molecular flexibility index (Phi) is 7.41. The fraction of sp³-hybridized carbons (Fsp3) is 0.389. The van der Waals surface area contributed by atoms with Crippen LogP contribution in [0.2, 0.25) is 5.02 Å². The van der Waals surface area contributed by atoms with E-state index in [9.17, 15) is 9.59 Å². The summed E-state index contributed by atoms with van der Waals surface area (Å²) in [6, 6.07) is 7.06. The second-order valence-electron chi connectivity index (χ2n) is 5.97. The van der Waals surface area contributed by atoms with Gasteiger partial charge < -0.3 is 15.4 Å². The molecule has 0 aliphatic heterocycles. The van der Waals surface area contributed by atoms with Crippen LogP contribution in [0.5, 0.6) is 5.75 Å². The number of rotatable bonds is 8. The van der Waals surface area contributed by atoms with Gasteiger partial charge in [-0.05, 0) is 31.2 Å². The quantitative estimate of drug-likeness (QED) is 0.672. The fourth-order valence-corrected chi connectivity index (χ4v) is 3.07. The average molecular weight is 396 g/mol. The molecule has 8 heteroatoms. The summed E-state index contributed by atoms with van der Waals surface area (Å²) in [7, 11) is 0. The molecule has 0 atom stereocenters. The highest BCUT2D eigenvalue weighted by atomic mass is 35.5. The zero-order valence-corrected chi connectivity index (χ0v) is 16.5. The number of carbonyl (C=O) groups is 2. The number of nitrogens with one attached hydrogen (secondary N) is 2. The lowest BCUT2D eigenvalue weighted by atomic mass is 10.2. The molecule has 0 unspecified atom stereocenters. The summed E-state index contributed by atoms with van der Waals surface area (Å²) in [4.78, 5) is 28.7. The van der Waals surface area contributed by atoms with E-state index in [0.29, 0.717) is 34.4 Å². The normalized spacial score (nSPS) is 10.7. The van der Waals surface area contributed by atoms with Crippen LogP contribution in [0.25, 0.3) is 0 Å². The maximum Gasteiger partial charge on any atom is 0.263 e. The third-order valence-corrected chi connectivity index (χ3v) is 4.84. The third-order valence-electron chi connectivity index (χ3n) is 3.46. The predicted molar refractivity (Wildman–Crippen MR) is 103 cm³/mol. The largest absolute Gasteiger partial charge is 0.486 e. The van der Waals surface area contributed by atoms with Crippen molar-refractivity contribution in [2.75, 3.05) is 13.1 Å². The van der Waals surface area contributed by atoms with Crippen molar-refractivity contribution in [3.63, 3.8) is 0 Å². The monoisotopic (exact) mass is 395 g/mol. The Labute approximate surface area is 161 Å². The molecule has 0 spiro atoms. The molecule has 140 valence electrons. The molecule has 26 heavy (non-hydrogen) atoms. The molecular formula is C18H22ClN3O3S. The van der Waals surface area contributed by atoms with Crippen LogP contribution in [0.3, 0.4) is 0 Å². The van der Waals surface area contributed by atoms with E-state index in [-0.39, 0.29) is 24.3 Å². The number of aromatic nitrogens is 1. The minimum atomic E-state index is -0.198. The first-order valence-corrected chi connectivity index (χ1v) is 9.47. The van der Waals surface area contributed by atoms with Crippen LogP contribution in [-0.4, -0.2) is 29.9 Å². The Balaban J connectivity index is 1.83. The molecule has 2 aromatic rings. The SMILES string of the molecule is Cc1nc(COc2ccc(Cl)cc2)sc1C(=O)NCCNC(=O)C(C)C. The maximum atomic E-state index is 12.3. The minimum absolute atomic E-state index is 0.0325. The highest BCUT2D eigenvalue weighted by Gasteiger charge is 2.15. The number of halogens is 1. The number of nitrogens with zero attached hydrogens (tertiary/aromatic N) is 1. The lowest BCUT2D eigenvalue weighted by Gasteiger charge is -2.08. The summed E-state index contributed by atoms with van der Waals surface area (Å²) in [5.41, 5.74) is 0.661. The van der Waals surface area contributed by atoms with Crippen LogP contribution in [0.15, 0.2) is 24.3 Å². The molecule has 2 rings (SSSR count). The number of thiazole rings is 1. The third kappa shape index (κ3) is 6.00. The molecule has 0 aliphatic rings. The number of aryl methyl sites for hydroxylation is 1. The van der Waals surface area contributed by atoms with E-state index >= 15 is 0 Å². The zero-order chi connectivity index (χ0) is 19.1. The summed E-state index contributed by atoms with van der Waals surface area (Å²) in [5.74, 6) is 0.387. The maximum absolute atomic E-state index is 12.3. The number of carbonyl (C=O) groups excluding carboxylic acids is 2. The van der Waals surface area contributed by atoms with Gasteiger partial charge in [0.15, 0.2) is 0 Å². The standard InChI is InChI=1S/C18H22ClN3O3S/c1-11(2)17(23)20-8-9-21-18(24)16-12(3)22-15(26-16)10-25-14-6-4-13(19)5-7-14/h4-7,11H,8-10H2,1-3H3,(H,20,23)(H,21,24). The predicted octanol–water partition coefficient (Wildman–Crippen LogP) is 3.19. The Morgan fingerprint density at radius 2 is 1.85 bits per heavy atom. The molecule has 0 bridgehead atoms. The molecule has 0 radical (unpaired) electrons. The first-order chi connectivity index (χ1) is 12.4. The highest BCUT2D eigenvalue weighted by molar-refractivity contribution is 7.13. The van der Waals surface area contributed by atoms with Gasteiger partial charge in [0.2, 0.25) is 5.91 Å². The van der Waals surface area contributed by atoms with Crippen molar-refractivity contribution < 1.29 is 14.3 Å². The summed E-state index contributed by atoms with van der Waals surface area (Å²) in [5, 5.41) is 6.91. The van der Waals surface area contributed by atoms with Gasteiger partial charge >= 0.3 is 0 Å². The number of ether oxygens (including phenoxy) is 1. The van der Waals surface area contributed by atoms with Crippen molar-refractivity contribution in [2.45, 2.75) is 27.4 Å². The average Bonchev–Trinajstić information content (AvgIpc) is 2.98. The molecule has 0 saturated carbocycles. The van der Waals surface area contributed by atoms with Crippen molar-refractivity contribution in [3.05, 3.63) is 44.9 Å². The molecule has 1 aromatic carbocycles. The smallest absolute Gasteiger partial charge is 0.263 e. The van der Waals surface area contributed by atoms with Crippen LogP contribution in [0.4, 0.5) is 0 Å². The Morgan fingerprint density at radius 3 is 2.50 bits per heavy atom. The van der Waals surface area contributed by atoms with Crippen LogP contribution < -0.4 is 15.4 Å². The van der Waals surface area contributed by atoms with E-state index in [1.165, 1.54) is 11.3 Å². The lowest BCUT2D eigenvalue weighted by molar-refractivity contribution is -0.123. The summed E-state index contributed by atoms with van der Waals surface area (Å²) in [6.07, 6.45) is 0. The van der Waals surface area contributed by atoms with Crippen molar-refractivity contribution in [3.8, 4) is 5.75 Å². The Morgan fingerprint density at radius 1 is 1.19 bits per heavy atom. The molecule has 2 amide bonds. The molecule has 0 aliphatic carbocycles. The van der Waals surface area contributed by atoms with E-state index < -0.39 is 0 Å². The van der Waals surface area contributed by atoms with Crippen LogP contribution in [-0.2, 0) is 11.4 Å². The first kappa shape index (κ1) is 20.2. The number of amides is 2. The van der Waals surface area contributed by atoms with E-state index in [1.807, 2.05) is 13.8 Å². The Bertz CT molecular complexity index is 760. The van der Waals surface area contributed by atoms with Crippen molar-refractivity contribution in [1.29, 1.82) is 0 Å². The van der Waals surface area contributed by atoms with Gasteiger partial charge in [0.05, 0.1) is 5.69 Å². The highest BCUT2D eigenvalue weighted by Crippen LogP contribution is 2.21. The molecule has 1 heterocycles. The van der Waals surface area contributed by atoms with E-state index in [2.05, 4.69) is 15.6 Å². The van der Waals surface area contributed by atoms with Crippen molar-refractivity contribution in [2.24, 2.45) is 5.92 Å². The van der Waals surface area contributed by atoms with Gasteiger partial charge in [-0.1, -0.05) is 25.4 Å². The molecule has 0 fully saturated rings. The second kappa shape index (κ2) is 9.54. The summed E-state index contributed by atoms with van der Waals surface area (Å²) >= 11 is 7.14. The molecule has 0 saturated heterocycles. The molecule has 6 nitrogen and oxygen atoms in total. The number of hydrogen-bond donors (Lipinski definition) is 2. The summed E-state index contributed by atoms with van der Waals surface area (Å²) in [6.45, 7) is 6.48. The Hall–Kier alpha value is -2.12. The fourth-order valence-electron chi connectivity index (χ4n) is 2.05. The minimum Gasteiger partial charge on any atom is -0.486 e. The second-order valence-corrected chi connectivity index (χ2v) is 7.49. The van der Waals surface area contributed by atoms with Gasteiger partial charge in [0, 0.05) is 24.0 Å². The van der Waals surface area contributed by atoms with Gasteiger partial charge in [-0.3, -0.25) is 9.59 Å². The van der Waals surface area contributed by atoms with Crippen LogP contribution in [0, 0.1) is 12.8 Å². The number of hydrogen-bond acceptors (Lipinski definition) is 5. The van der Waals surface area contributed by atoms with Crippen LogP contribution >= 0.6 is 22.9 Å². The van der Waals surface area contributed by atoms with Gasteiger partial charge in [-0.25, -0.2) is 4.98 Å². The van der Waals surface area contributed by atoms with E-state index in [0.717, 1.165) is 5.01 Å². The first-order valence-electron chi connectivity index (χ1n) is 8.27. The topological polar surface area (TPSA) is 80.3 Å². The number of benzene rings is 1. The van der Waals surface area contributed by atoms with E-state index in [1.54, 1.807) is 31.2 Å². The lowest BCUT2D eigenvalue weighted by Crippen LogP contribution is -2.36. The van der Waals surface area contributed by atoms with Crippen molar-refractivity contribution in [1.82, 2.24) is 15.6 Å². The van der Waals surface area contributed by atoms with E-state index in [4.69, 9.17) is 16.3 Å². The zero-order valence-electron chi connectivity index (χ0n) is 15.0. The van der Waals surface area contributed by atoms with Crippen LogP contribution in [0.1, 0.15) is 34.2 Å². The van der Waals surface area contributed by atoms with Gasteiger partial charge in [-0.15, -0.1) is 11.3 Å². The summed E-state index contributed by atoms with van der Waals surface area (Å²) < 4.78 is 5.65. The van der Waals surface area contributed by atoms with Gasteiger partial charge in [-0.2, -0.15) is 0 Å². The molecular weight excluding hydrogens is 374 g/mol. The molecule has 1 aromatic heterocycles. The van der Waals surface area contributed by atoms with Crippen molar-refractivity contribution >= 4 is 34.8 Å².